The van der Waals surface area contributed by atoms with Gasteiger partial charge < -0.3 is 19.1 Å². The summed E-state index contributed by atoms with van der Waals surface area (Å²) < 4.78 is 12.8. The maximum absolute atomic E-state index is 12.7. The van der Waals surface area contributed by atoms with Crippen molar-refractivity contribution in [2.24, 2.45) is 5.92 Å². The molecular weight excluding hydrogens is 346 g/mol. The summed E-state index contributed by atoms with van der Waals surface area (Å²) in [6.45, 7) is 2.49. The number of carbonyl (C=O) groups excluding carboxylic acids is 1. The van der Waals surface area contributed by atoms with Gasteiger partial charge in [-0.15, -0.1) is 0 Å². The molecule has 0 bridgehead atoms. The highest BCUT2D eigenvalue weighted by Crippen LogP contribution is 2.51. The van der Waals surface area contributed by atoms with E-state index in [0.29, 0.717) is 24.7 Å². The van der Waals surface area contributed by atoms with E-state index in [0.717, 1.165) is 41.6 Å². The van der Waals surface area contributed by atoms with Crippen LogP contribution in [0.4, 0.5) is 0 Å². The molecule has 0 saturated heterocycles. The molecule has 1 N–H and O–H groups in total. The van der Waals surface area contributed by atoms with Crippen LogP contribution in [0.5, 0.6) is 11.5 Å². The monoisotopic (exact) mass is 367 g/mol. The first-order chi connectivity index (χ1) is 13.1. The third kappa shape index (κ3) is 2.46. The fourth-order valence-electron chi connectivity index (χ4n) is 4.48. The van der Waals surface area contributed by atoms with Gasteiger partial charge in [-0.05, 0) is 43.7 Å². The van der Waals surface area contributed by atoms with Crippen molar-refractivity contribution in [1.82, 2.24) is 4.57 Å². The summed E-state index contributed by atoms with van der Waals surface area (Å²) in [4.78, 5) is 24.9. The summed E-state index contributed by atoms with van der Waals surface area (Å²) in [5.74, 6) is 0.653. The molecule has 1 aromatic carbocycles. The number of rotatable bonds is 3. The highest BCUT2D eigenvalue weighted by Gasteiger charge is 2.39. The van der Waals surface area contributed by atoms with Gasteiger partial charge in [0, 0.05) is 35.9 Å². The predicted molar refractivity (Wildman–Crippen MR) is 98.4 cm³/mol. The van der Waals surface area contributed by atoms with Gasteiger partial charge in [0.1, 0.15) is 5.56 Å². The Morgan fingerprint density at radius 1 is 1.37 bits per heavy atom. The van der Waals surface area contributed by atoms with Gasteiger partial charge in [0.15, 0.2) is 16.9 Å². The van der Waals surface area contributed by atoms with Crippen molar-refractivity contribution in [1.29, 1.82) is 0 Å². The van der Waals surface area contributed by atoms with Gasteiger partial charge in [-0.2, -0.15) is 0 Å². The minimum absolute atomic E-state index is 0.0846. The molecule has 0 amide bonds. The first-order valence-corrected chi connectivity index (χ1v) is 9.52. The van der Waals surface area contributed by atoms with Crippen molar-refractivity contribution in [3.05, 3.63) is 45.2 Å². The van der Waals surface area contributed by atoms with Crippen LogP contribution in [-0.4, -0.2) is 28.9 Å². The molecule has 0 radical (unpaired) electrons. The van der Waals surface area contributed by atoms with E-state index in [1.54, 1.807) is 25.3 Å². The highest BCUT2D eigenvalue weighted by atomic mass is 16.5. The summed E-state index contributed by atoms with van der Waals surface area (Å²) >= 11 is 0. The van der Waals surface area contributed by atoms with E-state index < -0.39 is 5.97 Å². The number of ether oxygens (including phenoxy) is 2. The van der Waals surface area contributed by atoms with Crippen LogP contribution in [-0.2, 0) is 17.6 Å². The third-order valence-corrected chi connectivity index (χ3v) is 5.82. The van der Waals surface area contributed by atoms with Crippen molar-refractivity contribution in [3.8, 4) is 22.8 Å². The maximum atomic E-state index is 12.7. The number of carbonyl (C=O) groups is 1. The van der Waals surface area contributed by atoms with Gasteiger partial charge >= 0.3 is 5.97 Å². The lowest BCUT2D eigenvalue weighted by atomic mass is 9.86. The van der Waals surface area contributed by atoms with Crippen LogP contribution in [0.1, 0.15) is 47.3 Å². The number of phenols is 1. The fraction of sp³-hybridized carbons (Fsp3) is 0.429. The summed E-state index contributed by atoms with van der Waals surface area (Å²) in [6, 6.07) is 3.51. The predicted octanol–water partition coefficient (Wildman–Crippen LogP) is 2.84. The number of pyridine rings is 1. The Bertz CT molecular complexity index is 1020. The fourth-order valence-corrected chi connectivity index (χ4v) is 4.48. The average Bonchev–Trinajstić information content (AvgIpc) is 3.36. The van der Waals surface area contributed by atoms with Crippen LogP contribution in [0.15, 0.2) is 23.1 Å². The lowest BCUT2D eigenvalue weighted by Gasteiger charge is -2.32. The van der Waals surface area contributed by atoms with E-state index in [2.05, 4.69) is 4.57 Å². The van der Waals surface area contributed by atoms with Crippen LogP contribution >= 0.6 is 0 Å². The Kier molecular flexibility index (Phi) is 3.57. The molecular formula is C21H21NO5. The number of nitrogens with zero attached hydrogens (tertiary/aromatic N) is 1. The topological polar surface area (TPSA) is 77.8 Å². The Balaban J connectivity index is 1.75. The van der Waals surface area contributed by atoms with Crippen molar-refractivity contribution in [2.75, 3.05) is 13.2 Å². The van der Waals surface area contributed by atoms with Gasteiger partial charge in [-0.25, -0.2) is 4.79 Å². The van der Waals surface area contributed by atoms with E-state index in [1.807, 2.05) is 0 Å². The zero-order chi connectivity index (χ0) is 18.7. The molecule has 1 aromatic heterocycles. The summed E-state index contributed by atoms with van der Waals surface area (Å²) in [5.41, 5.74) is 3.55. The first kappa shape index (κ1) is 16.4. The molecule has 6 heteroatoms. The number of benzene rings is 1. The zero-order valence-electron chi connectivity index (χ0n) is 15.2. The van der Waals surface area contributed by atoms with Gasteiger partial charge in [-0.1, -0.05) is 0 Å². The molecule has 0 spiro atoms. The SMILES string of the molecule is CCOC(=O)c1cn2c(cc1=O)-c1c(cc(O)c3c1CCO3)CC2C1CC1. The van der Waals surface area contributed by atoms with Crippen molar-refractivity contribution >= 4 is 5.97 Å². The normalized spacial score (nSPS) is 19.7. The number of esters is 1. The third-order valence-electron chi connectivity index (χ3n) is 5.82. The molecule has 3 heterocycles. The summed E-state index contributed by atoms with van der Waals surface area (Å²) in [5, 5.41) is 10.4. The summed E-state index contributed by atoms with van der Waals surface area (Å²) in [7, 11) is 0. The molecule has 1 saturated carbocycles. The van der Waals surface area contributed by atoms with Crippen LogP contribution in [0.25, 0.3) is 11.3 Å². The Morgan fingerprint density at radius 2 is 2.19 bits per heavy atom. The Hall–Kier alpha value is -2.76. The van der Waals surface area contributed by atoms with Crippen molar-refractivity contribution in [3.63, 3.8) is 0 Å². The van der Waals surface area contributed by atoms with E-state index in [4.69, 9.17) is 9.47 Å². The highest BCUT2D eigenvalue weighted by molar-refractivity contribution is 5.90. The second-order valence-electron chi connectivity index (χ2n) is 7.51. The van der Waals surface area contributed by atoms with E-state index >= 15 is 0 Å². The van der Waals surface area contributed by atoms with Crippen molar-refractivity contribution in [2.45, 2.75) is 38.6 Å². The molecule has 1 fully saturated rings. The van der Waals surface area contributed by atoms with Crippen LogP contribution in [0.3, 0.4) is 0 Å². The van der Waals surface area contributed by atoms with E-state index in [9.17, 15) is 14.7 Å². The Labute approximate surface area is 156 Å². The number of aromatic nitrogens is 1. The molecule has 6 nitrogen and oxygen atoms in total. The lowest BCUT2D eigenvalue weighted by molar-refractivity contribution is 0.0523. The van der Waals surface area contributed by atoms with Gasteiger partial charge in [0.25, 0.3) is 0 Å². The number of aromatic hydroxyl groups is 1. The molecule has 27 heavy (non-hydrogen) atoms. The standard InChI is InChI=1S/C21H21NO5/c1-2-26-21(25)14-10-22-15(11-3-4-11)7-12-8-18(24)20-13(5-6-27-20)19(12)16(22)9-17(14)23/h8-11,15,24H,2-7H2,1H3. The maximum Gasteiger partial charge on any atom is 0.343 e. The molecule has 1 aliphatic carbocycles. The Morgan fingerprint density at radius 3 is 2.93 bits per heavy atom. The average molecular weight is 367 g/mol. The van der Waals surface area contributed by atoms with Gasteiger partial charge in [0.2, 0.25) is 0 Å². The second kappa shape index (κ2) is 5.87. The molecule has 1 atom stereocenters. The molecule has 3 aliphatic rings. The van der Waals surface area contributed by atoms with Crippen molar-refractivity contribution < 1.29 is 19.4 Å². The van der Waals surface area contributed by atoms with E-state index in [1.165, 1.54) is 0 Å². The minimum atomic E-state index is -0.572. The minimum Gasteiger partial charge on any atom is -0.504 e. The lowest BCUT2D eigenvalue weighted by Crippen LogP contribution is -2.27. The number of hydrogen-bond donors (Lipinski definition) is 1. The van der Waals surface area contributed by atoms with Gasteiger partial charge in [-0.3, -0.25) is 4.79 Å². The van der Waals surface area contributed by atoms with E-state index in [-0.39, 0.29) is 29.4 Å². The largest absolute Gasteiger partial charge is 0.504 e. The molecule has 140 valence electrons. The number of phenolic OH excluding ortho intramolecular Hbond substituents is 1. The molecule has 5 rings (SSSR count). The molecule has 1 unspecified atom stereocenters. The zero-order valence-corrected chi connectivity index (χ0v) is 15.2. The smallest absolute Gasteiger partial charge is 0.343 e. The van der Waals surface area contributed by atoms with Crippen LogP contribution in [0.2, 0.25) is 0 Å². The van der Waals surface area contributed by atoms with Gasteiger partial charge in [0.05, 0.1) is 18.9 Å². The number of fused-ring (bicyclic) bond motifs is 5. The van der Waals surface area contributed by atoms with Crippen LogP contribution < -0.4 is 10.2 Å². The van der Waals surface area contributed by atoms with Crippen LogP contribution in [0, 0.1) is 5.92 Å². The molecule has 2 aromatic rings. The second-order valence-corrected chi connectivity index (χ2v) is 7.51. The molecule has 2 aliphatic heterocycles. The number of hydrogen-bond acceptors (Lipinski definition) is 5. The quantitative estimate of drug-likeness (QED) is 0.844. The first-order valence-electron chi connectivity index (χ1n) is 9.52. The summed E-state index contributed by atoms with van der Waals surface area (Å²) in [6.07, 6.45) is 5.43.